The standard InChI is InChI=1S/C15H16ClNO4/c1-15(2,7-14(20)21)6-12(18)9-3-8-4-13(19)17-11(8)5-10(9)16/h3,5H,4,6-7H2,1-2H3,(H,17,19)(H,20,21). The highest BCUT2D eigenvalue weighted by atomic mass is 35.5. The number of amides is 1. The summed E-state index contributed by atoms with van der Waals surface area (Å²) in [4.78, 5) is 34.5. The number of hydrogen-bond donors (Lipinski definition) is 2. The summed E-state index contributed by atoms with van der Waals surface area (Å²) in [6.45, 7) is 3.46. The first-order valence-electron chi connectivity index (χ1n) is 6.55. The zero-order valence-corrected chi connectivity index (χ0v) is 12.6. The summed E-state index contributed by atoms with van der Waals surface area (Å²) in [5, 5.41) is 11.8. The predicted molar refractivity (Wildman–Crippen MR) is 78.8 cm³/mol. The number of rotatable bonds is 5. The molecule has 6 heteroatoms. The third-order valence-corrected chi connectivity index (χ3v) is 3.70. The monoisotopic (exact) mass is 309 g/mol. The Morgan fingerprint density at radius 2 is 2.00 bits per heavy atom. The van der Waals surface area contributed by atoms with E-state index in [0.29, 0.717) is 11.3 Å². The van der Waals surface area contributed by atoms with E-state index in [1.54, 1.807) is 26.0 Å². The lowest BCUT2D eigenvalue weighted by Gasteiger charge is -2.21. The first-order valence-corrected chi connectivity index (χ1v) is 6.93. The number of hydrogen-bond acceptors (Lipinski definition) is 3. The quantitative estimate of drug-likeness (QED) is 0.819. The van der Waals surface area contributed by atoms with Crippen LogP contribution in [0.5, 0.6) is 0 Å². The van der Waals surface area contributed by atoms with E-state index in [0.717, 1.165) is 5.56 Å². The van der Waals surface area contributed by atoms with E-state index in [1.807, 2.05) is 0 Å². The molecule has 0 bridgehead atoms. The maximum Gasteiger partial charge on any atom is 0.303 e. The first kappa shape index (κ1) is 15.5. The van der Waals surface area contributed by atoms with Gasteiger partial charge in [-0.3, -0.25) is 14.4 Å². The van der Waals surface area contributed by atoms with E-state index in [9.17, 15) is 14.4 Å². The number of anilines is 1. The van der Waals surface area contributed by atoms with Crippen LogP contribution in [0.2, 0.25) is 5.02 Å². The van der Waals surface area contributed by atoms with Gasteiger partial charge in [0, 0.05) is 17.7 Å². The molecule has 2 N–H and O–H groups in total. The highest BCUT2D eigenvalue weighted by Crippen LogP contribution is 2.33. The molecule has 0 aromatic heterocycles. The summed E-state index contributed by atoms with van der Waals surface area (Å²) in [6, 6.07) is 3.19. The summed E-state index contributed by atoms with van der Waals surface area (Å²) >= 11 is 6.10. The van der Waals surface area contributed by atoms with E-state index in [2.05, 4.69) is 5.32 Å². The van der Waals surface area contributed by atoms with Gasteiger partial charge < -0.3 is 10.4 Å². The lowest BCUT2D eigenvalue weighted by Crippen LogP contribution is -2.21. The topological polar surface area (TPSA) is 83.5 Å². The summed E-state index contributed by atoms with van der Waals surface area (Å²) in [5.41, 5.74) is 1.06. The fourth-order valence-electron chi connectivity index (χ4n) is 2.46. The largest absolute Gasteiger partial charge is 0.481 e. The average molecular weight is 310 g/mol. The highest BCUT2D eigenvalue weighted by molar-refractivity contribution is 6.34. The number of carboxylic acid groups (broad SMARTS) is 1. The van der Waals surface area contributed by atoms with Crippen molar-refractivity contribution in [2.75, 3.05) is 5.32 Å². The van der Waals surface area contributed by atoms with Crippen molar-refractivity contribution in [3.63, 3.8) is 0 Å². The zero-order chi connectivity index (χ0) is 15.8. The molecule has 1 aromatic carbocycles. The normalized spacial score (nSPS) is 13.8. The van der Waals surface area contributed by atoms with Gasteiger partial charge in [0.25, 0.3) is 0 Å². The number of carboxylic acids is 1. The highest BCUT2D eigenvalue weighted by Gasteiger charge is 2.28. The van der Waals surface area contributed by atoms with Gasteiger partial charge in [-0.2, -0.15) is 0 Å². The van der Waals surface area contributed by atoms with Crippen molar-refractivity contribution >= 4 is 34.9 Å². The van der Waals surface area contributed by atoms with Crippen LogP contribution in [-0.4, -0.2) is 22.8 Å². The van der Waals surface area contributed by atoms with Crippen LogP contribution in [0.1, 0.15) is 42.6 Å². The lowest BCUT2D eigenvalue weighted by atomic mass is 9.82. The Balaban J connectivity index is 2.23. The zero-order valence-electron chi connectivity index (χ0n) is 11.8. The number of carbonyl (C=O) groups is 3. The van der Waals surface area contributed by atoms with Gasteiger partial charge in [0.05, 0.1) is 17.9 Å². The molecule has 1 aliphatic heterocycles. The third-order valence-electron chi connectivity index (χ3n) is 3.39. The first-order chi connectivity index (χ1) is 9.68. The van der Waals surface area contributed by atoms with Crippen molar-refractivity contribution in [3.05, 3.63) is 28.3 Å². The Morgan fingerprint density at radius 1 is 1.33 bits per heavy atom. The average Bonchev–Trinajstić information content (AvgIpc) is 2.64. The van der Waals surface area contributed by atoms with Crippen molar-refractivity contribution in [1.29, 1.82) is 0 Å². The van der Waals surface area contributed by atoms with Crippen molar-refractivity contribution in [1.82, 2.24) is 0 Å². The molecule has 5 nitrogen and oxygen atoms in total. The maximum atomic E-state index is 12.4. The molecule has 112 valence electrons. The lowest BCUT2D eigenvalue weighted by molar-refractivity contribution is -0.139. The number of benzene rings is 1. The number of halogens is 1. The molecule has 0 unspecified atom stereocenters. The molecule has 0 aliphatic carbocycles. The number of nitrogens with one attached hydrogen (secondary N) is 1. The molecule has 21 heavy (non-hydrogen) atoms. The minimum absolute atomic E-state index is 0.0825. The second-order valence-electron chi connectivity index (χ2n) is 6.05. The van der Waals surface area contributed by atoms with Gasteiger partial charge in [-0.05, 0) is 23.1 Å². The molecule has 0 spiro atoms. The van der Waals surface area contributed by atoms with E-state index in [4.69, 9.17) is 16.7 Å². The molecule has 1 aromatic rings. The Bertz CT molecular complexity index is 637. The van der Waals surface area contributed by atoms with Crippen LogP contribution in [0.15, 0.2) is 12.1 Å². The Kier molecular flexibility index (Phi) is 4.05. The van der Waals surface area contributed by atoms with Gasteiger partial charge in [-0.1, -0.05) is 25.4 Å². The smallest absolute Gasteiger partial charge is 0.303 e. The second-order valence-corrected chi connectivity index (χ2v) is 6.46. The minimum atomic E-state index is -0.942. The molecule has 0 atom stereocenters. The fraction of sp³-hybridized carbons (Fsp3) is 0.400. The molecule has 0 saturated carbocycles. The van der Waals surface area contributed by atoms with E-state index >= 15 is 0 Å². The third kappa shape index (κ3) is 3.61. The van der Waals surface area contributed by atoms with Crippen molar-refractivity contribution in [2.24, 2.45) is 5.41 Å². The molecule has 1 amide bonds. The molecular formula is C15H16ClNO4. The maximum absolute atomic E-state index is 12.4. The number of Topliss-reactive ketones (excluding diaryl/α,β-unsaturated/α-hetero) is 1. The summed E-state index contributed by atoms with van der Waals surface area (Å²) in [7, 11) is 0. The number of carbonyl (C=O) groups excluding carboxylic acids is 2. The number of fused-ring (bicyclic) bond motifs is 1. The van der Waals surface area contributed by atoms with Crippen LogP contribution < -0.4 is 5.32 Å². The van der Waals surface area contributed by atoms with Crippen LogP contribution in [0.4, 0.5) is 5.69 Å². The van der Waals surface area contributed by atoms with E-state index in [-0.39, 0.29) is 36.0 Å². The van der Waals surface area contributed by atoms with Crippen LogP contribution in [0.25, 0.3) is 0 Å². The molecule has 2 rings (SSSR count). The van der Waals surface area contributed by atoms with Crippen LogP contribution in [0.3, 0.4) is 0 Å². The number of aliphatic carboxylic acids is 1. The van der Waals surface area contributed by atoms with Crippen LogP contribution in [0, 0.1) is 5.41 Å². The Hall–Kier alpha value is -1.88. The van der Waals surface area contributed by atoms with E-state index < -0.39 is 11.4 Å². The molecular weight excluding hydrogens is 294 g/mol. The summed E-state index contributed by atoms with van der Waals surface area (Å²) < 4.78 is 0. The summed E-state index contributed by atoms with van der Waals surface area (Å²) in [6.07, 6.45) is 0.214. The fourth-order valence-corrected chi connectivity index (χ4v) is 2.73. The molecule has 0 fully saturated rings. The molecule has 1 aliphatic rings. The Morgan fingerprint density at radius 3 is 2.62 bits per heavy atom. The predicted octanol–water partition coefficient (Wildman–Crippen LogP) is 2.91. The molecule has 0 radical (unpaired) electrons. The summed E-state index contributed by atoms with van der Waals surface area (Å²) in [5.74, 6) is -1.28. The van der Waals surface area contributed by atoms with Crippen LogP contribution in [-0.2, 0) is 16.0 Å². The van der Waals surface area contributed by atoms with E-state index in [1.165, 1.54) is 0 Å². The second kappa shape index (κ2) is 5.48. The van der Waals surface area contributed by atoms with Gasteiger partial charge in [0.2, 0.25) is 5.91 Å². The number of ketones is 1. The van der Waals surface area contributed by atoms with Crippen molar-refractivity contribution in [2.45, 2.75) is 33.1 Å². The van der Waals surface area contributed by atoms with Gasteiger partial charge in [0.15, 0.2) is 5.78 Å². The SMILES string of the molecule is CC(C)(CC(=O)O)CC(=O)c1cc2c(cc1Cl)NC(=O)C2. The van der Waals surface area contributed by atoms with Gasteiger partial charge >= 0.3 is 5.97 Å². The van der Waals surface area contributed by atoms with Crippen LogP contribution >= 0.6 is 11.6 Å². The van der Waals surface area contributed by atoms with Gasteiger partial charge in [-0.25, -0.2) is 0 Å². The molecule has 1 heterocycles. The van der Waals surface area contributed by atoms with Gasteiger partial charge in [0.1, 0.15) is 0 Å². The van der Waals surface area contributed by atoms with Gasteiger partial charge in [-0.15, -0.1) is 0 Å². The van der Waals surface area contributed by atoms with Crippen molar-refractivity contribution in [3.8, 4) is 0 Å². The van der Waals surface area contributed by atoms with Crippen molar-refractivity contribution < 1.29 is 19.5 Å². The molecule has 0 saturated heterocycles. The Labute approximate surface area is 127 Å². The minimum Gasteiger partial charge on any atom is -0.481 e.